The Balaban J connectivity index is 1.44. The molecule has 0 radical (unpaired) electrons. The van der Waals surface area contributed by atoms with E-state index in [1.54, 1.807) is 19.1 Å². The fourth-order valence-electron chi connectivity index (χ4n) is 3.76. The third kappa shape index (κ3) is 4.55. The Hall–Kier alpha value is -3.24. The fourth-order valence-corrected chi connectivity index (χ4v) is 4.65. The molecule has 5 rings (SSSR count). The first-order valence-corrected chi connectivity index (χ1v) is 12.0. The van der Waals surface area contributed by atoms with E-state index in [-0.39, 0.29) is 11.1 Å². The Morgan fingerprint density at radius 1 is 1.06 bits per heavy atom. The van der Waals surface area contributed by atoms with Gasteiger partial charge in [-0.1, -0.05) is 41.2 Å². The van der Waals surface area contributed by atoms with E-state index in [1.807, 2.05) is 19.1 Å². The largest absolute Gasteiger partial charge is 0.378 e. The lowest BCUT2D eigenvalue weighted by molar-refractivity contribution is 0.122. The Kier molecular flexibility index (Phi) is 6.34. The lowest BCUT2D eigenvalue weighted by Crippen LogP contribution is -2.37. The minimum atomic E-state index is -0.298. The standard InChI is InChI=1S/C24H25FN6O2S/c1-15-5-4-6-19(13-15)31-23(30-9-11-32-12-10-30)27-28-24(31)34-17(3)22-26-21(29-33-22)18-8-7-16(2)20(25)14-18/h4-8,13-14,17H,9-12H2,1-3H3. The van der Waals surface area contributed by atoms with Crippen LogP contribution in [-0.2, 0) is 4.74 Å². The van der Waals surface area contributed by atoms with E-state index in [4.69, 9.17) is 9.26 Å². The maximum absolute atomic E-state index is 14.0. The van der Waals surface area contributed by atoms with Gasteiger partial charge in [0, 0.05) is 18.7 Å². The normalized spacial score (nSPS) is 15.0. The molecule has 1 atom stereocenters. The maximum atomic E-state index is 14.0. The molecule has 4 aromatic rings. The van der Waals surface area contributed by atoms with Gasteiger partial charge in [-0.2, -0.15) is 4.98 Å². The Morgan fingerprint density at radius 2 is 1.88 bits per heavy atom. The van der Waals surface area contributed by atoms with Crippen molar-refractivity contribution >= 4 is 17.7 Å². The zero-order valence-electron chi connectivity index (χ0n) is 19.2. The van der Waals surface area contributed by atoms with E-state index >= 15 is 0 Å². The SMILES string of the molecule is Cc1cccc(-n2c(SC(C)c3nc(-c4ccc(C)c(F)c4)no3)nnc2N2CCOCC2)c1. The highest BCUT2D eigenvalue weighted by atomic mass is 32.2. The van der Waals surface area contributed by atoms with Crippen molar-refractivity contribution in [1.82, 2.24) is 24.9 Å². The van der Waals surface area contributed by atoms with Crippen molar-refractivity contribution in [2.45, 2.75) is 31.2 Å². The Morgan fingerprint density at radius 3 is 2.65 bits per heavy atom. The van der Waals surface area contributed by atoms with E-state index < -0.39 is 0 Å². The van der Waals surface area contributed by atoms with Crippen molar-refractivity contribution < 1.29 is 13.7 Å². The molecule has 0 saturated carbocycles. The van der Waals surface area contributed by atoms with Crippen LogP contribution in [0.5, 0.6) is 0 Å². The predicted octanol–water partition coefficient (Wildman–Crippen LogP) is 4.76. The van der Waals surface area contributed by atoms with Crippen molar-refractivity contribution in [1.29, 1.82) is 0 Å². The number of halogens is 1. The van der Waals surface area contributed by atoms with Crippen LogP contribution in [0, 0.1) is 19.7 Å². The van der Waals surface area contributed by atoms with Crippen molar-refractivity contribution in [3.63, 3.8) is 0 Å². The molecular formula is C24H25FN6O2S. The van der Waals surface area contributed by atoms with Gasteiger partial charge in [0.2, 0.25) is 17.7 Å². The van der Waals surface area contributed by atoms with Crippen LogP contribution in [0.1, 0.15) is 29.2 Å². The second kappa shape index (κ2) is 9.55. The van der Waals surface area contributed by atoms with E-state index in [0.717, 1.165) is 35.4 Å². The summed E-state index contributed by atoms with van der Waals surface area (Å²) in [5, 5.41) is 13.6. The van der Waals surface area contributed by atoms with Crippen LogP contribution in [0.4, 0.5) is 10.3 Å². The zero-order valence-corrected chi connectivity index (χ0v) is 20.0. The number of aromatic nitrogens is 5. The predicted molar refractivity (Wildman–Crippen MR) is 128 cm³/mol. The van der Waals surface area contributed by atoms with Crippen LogP contribution in [-0.4, -0.2) is 51.2 Å². The first kappa shape index (κ1) is 22.5. The lowest BCUT2D eigenvalue weighted by atomic mass is 10.1. The monoisotopic (exact) mass is 480 g/mol. The molecule has 176 valence electrons. The molecule has 1 unspecified atom stereocenters. The number of benzene rings is 2. The second-order valence-corrected chi connectivity index (χ2v) is 9.54. The van der Waals surface area contributed by atoms with Crippen molar-refractivity contribution in [2.24, 2.45) is 0 Å². The molecule has 0 amide bonds. The molecule has 10 heteroatoms. The summed E-state index contributed by atoms with van der Waals surface area (Å²) in [6.45, 7) is 8.57. The van der Waals surface area contributed by atoms with E-state index in [0.29, 0.717) is 36.1 Å². The van der Waals surface area contributed by atoms with E-state index in [2.05, 4.69) is 48.9 Å². The summed E-state index contributed by atoms with van der Waals surface area (Å²) in [5.74, 6) is 1.28. The van der Waals surface area contributed by atoms with Crippen LogP contribution < -0.4 is 4.90 Å². The number of morpholine rings is 1. The number of nitrogens with zero attached hydrogens (tertiary/aromatic N) is 6. The number of ether oxygens (including phenoxy) is 1. The van der Waals surface area contributed by atoms with Gasteiger partial charge in [0.05, 0.1) is 24.2 Å². The molecule has 0 N–H and O–H groups in total. The smallest absolute Gasteiger partial charge is 0.240 e. The van der Waals surface area contributed by atoms with Gasteiger partial charge in [-0.05, 0) is 50.1 Å². The molecule has 1 aliphatic heterocycles. The maximum Gasteiger partial charge on any atom is 0.240 e. The van der Waals surface area contributed by atoms with Crippen LogP contribution in [0.15, 0.2) is 52.1 Å². The second-order valence-electron chi connectivity index (χ2n) is 8.24. The number of aryl methyl sites for hydroxylation is 2. The lowest BCUT2D eigenvalue weighted by Gasteiger charge is -2.28. The van der Waals surface area contributed by atoms with Crippen LogP contribution in [0.25, 0.3) is 17.1 Å². The summed E-state index contributed by atoms with van der Waals surface area (Å²) in [6.07, 6.45) is 0. The summed E-state index contributed by atoms with van der Waals surface area (Å²) < 4.78 is 27.1. The van der Waals surface area contributed by atoms with Crippen molar-refractivity contribution in [3.8, 4) is 17.1 Å². The molecule has 34 heavy (non-hydrogen) atoms. The van der Waals surface area contributed by atoms with Gasteiger partial charge in [0.15, 0.2) is 5.16 Å². The van der Waals surface area contributed by atoms with E-state index in [9.17, 15) is 4.39 Å². The molecule has 1 fully saturated rings. The van der Waals surface area contributed by atoms with Crippen LogP contribution >= 0.6 is 11.8 Å². The molecular weight excluding hydrogens is 455 g/mol. The average Bonchev–Trinajstić information content (AvgIpc) is 3.49. The van der Waals surface area contributed by atoms with Gasteiger partial charge >= 0.3 is 0 Å². The summed E-state index contributed by atoms with van der Waals surface area (Å²) in [7, 11) is 0. The molecule has 2 aromatic heterocycles. The summed E-state index contributed by atoms with van der Waals surface area (Å²) >= 11 is 1.48. The minimum Gasteiger partial charge on any atom is -0.378 e. The van der Waals surface area contributed by atoms with Gasteiger partial charge in [-0.3, -0.25) is 4.57 Å². The number of hydrogen-bond donors (Lipinski definition) is 0. The van der Waals surface area contributed by atoms with E-state index in [1.165, 1.54) is 17.8 Å². The highest BCUT2D eigenvalue weighted by Crippen LogP contribution is 2.37. The summed E-state index contributed by atoms with van der Waals surface area (Å²) in [5.41, 5.74) is 3.29. The number of anilines is 1. The molecule has 0 bridgehead atoms. The quantitative estimate of drug-likeness (QED) is 0.365. The molecule has 1 saturated heterocycles. The molecule has 2 aromatic carbocycles. The topological polar surface area (TPSA) is 82.1 Å². The summed E-state index contributed by atoms with van der Waals surface area (Å²) in [6, 6.07) is 13.2. The number of hydrogen-bond acceptors (Lipinski definition) is 8. The average molecular weight is 481 g/mol. The van der Waals surface area contributed by atoms with Gasteiger partial charge < -0.3 is 14.2 Å². The van der Waals surface area contributed by atoms with Crippen molar-refractivity contribution in [2.75, 3.05) is 31.2 Å². The molecule has 3 heterocycles. The zero-order chi connectivity index (χ0) is 23.7. The highest BCUT2D eigenvalue weighted by molar-refractivity contribution is 7.99. The van der Waals surface area contributed by atoms with Crippen LogP contribution in [0.3, 0.4) is 0 Å². The number of rotatable bonds is 6. The first-order chi connectivity index (χ1) is 16.5. The van der Waals surface area contributed by atoms with Gasteiger partial charge in [0.25, 0.3) is 0 Å². The summed E-state index contributed by atoms with van der Waals surface area (Å²) in [4.78, 5) is 6.70. The highest BCUT2D eigenvalue weighted by Gasteiger charge is 2.25. The van der Waals surface area contributed by atoms with Crippen molar-refractivity contribution in [3.05, 3.63) is 65.3 Å². The van der Waals surface area contributed by atoms with Gasteiger partial charge in [-0.15, -0.1) is 10.2 Å². The van der Waals surface area contributed by atoms with Gasteiger partial charge in [-0.25, -0.2) is 4.39 Å². The Labute approximate surface area is 201 Å². The van der Waals surface area contributed by atoms with Crippen LogP contribution in [0.2, 0.25) is 0 Å². The molecule has 1 aliphatic rings. The Bertz CT molecular complexity index is 1300. The minimum absolute atomic E-state index is 0.193. The fraction of sp³-hybridized carbons (Fsp3) is 0.333. The number of thioether (sulfide) groups is 1. The third-order valence-corrected chi connectivity index (χ3v) is 6.70. The molecule has 0 spiro atoms. The third-order valence-electron chi connectivity index (χ3n) is 5.67. The first-order valence-electron chi connectivity index (χ1n) is 11.1. The van der Waals surface area contributed by atoms with Gasteiger partial charge in [0.1, 0.15) is 5.82 Å². The molecule has 8 nitrogen and oxygen atoms in total. The molecule has 0 aliphatic carbocycles.